The number of nitrogens with one attached hydrogen (secondary N) is 1. The van der Waals surface area contributed by atoms with Crippen LogP contribution >= 0.6 is 0 Å². The molecule has 24 heavy (non-hydrogen) atoms. The van der Waals surface area contributed by atoms with Crippen LogP contribution in [-0.4, -0.2) is 56.6 Å². The summed E-state index contributed by atoms with van der Waals surface area (Å²) in [6.45, 7) is 1.06. The van der Waals surface area contributed by atoms with Crippen LogP contribution in [0.25, 0.3) is 0 Å². The number of sulfonamides is 1. The van der Waals surface area contributed by atoms with Crippen LogP contribution in [0.2, 0.25) is 0 Å². The number of methoxy groups -OCH3 is 1. The van der Waals surface area contributed by atoms with Gasteiger partial charge >= 0.3 is 5.97 Å². The average molecular weight is 354 g/mol. The van der Waals surface area contributed by atoms with Gasteiger partial charge in [0.25, 0.3) is 0 Å². The molecule has 2 N–H and O–H groups in total. The molecule has 2 aliphatic rings. The lowest BCUT2D eigenvalue weighted by atomic mass is 9.71. The zero-order chi connectivity index (χ0) is 17.4. The Bertz CT molecular complexity index is 736. The van der Waals surface area contributed by atoms with E-state index in [9.17, 15) is 18.3 Å². The second kappa shape index (κ2) is 6.34. The number of hydrogen-bond donors (Lipinski definition) is 2. The Morgan fingerprint density at radius 1 is 1.42 bits per heavy atom. The highest BCUT2D eigenvalue weighted by molar-refractivity contribution is 7.89. The molecule has 1 aromatic rings. The summed E-state index contributed by atoms with van der Waals surface area (Å²) >= 11 is 0. The van der Waals surface area contributed by atoms with Crippen molar-refractivity contribution >= 4 is 16.0 Å². The van der Waals surface area contributed by atoms with Gasteiger partial charge in [-0.2, -0.15) is 4.31 Å². The van der Waals surface area contributed by atoms with Gasteiger partial charge in [0.15, 0.2) is 0 Å². The Morgan fingerprint density at radius 3 is 2.88 bits per heavy atom. The lowest BCUT2D eigenvalue weighted by molar-refractivity contribution is -0.155. The minimum atomic E-state index is -3.81. The van der Waals surface area contributed by atoms with Crippen LogP contribution in [0.15, 0.2) is 29.2 Å². The molecule has 3 rings (SSSR count). The molecular weight excluding hydrogens is 332 g/mol. The normalized spacial score (nSPS) is 28.1. The fourth-order valence-electron chi connectivity index (χ4n) is 3.78. The van der Waals surface area contributed by atoms with Gasteiger partial charge in [0.05, 0.1) is 12.5 Å². The predicted molar refractivity (Wildman–Crippen MR) is 87.5 cm³/mol. The van der Waals surface area contributed by atoms with Gasteiger partial charge in [0, 0.05) is 19.1 Å². The minimum Gasteiger partial charge on any atom is -0.495 e. The van der Waals surface area contributed by atoms with E-state index in [-0.39, 0.29) is 23.2 Å². The zero-order valence-electron chi connectivity index (χ0n) is 13.6. The molecule has 2 saturated heterocycles. The Morgan fingerprint density at radius 2 is 2.17 bits per heavy atom. The molecule has 0 saturated carbocycles. The highest BCUT2D eigenvalue weighted by atomic mass is 32.2. The van der Waals surface area contributed by atoms with E-state index in [0.717, 1.165) is 13.0 Å². The van der Waals surface area contributed by atoms with E-state index in [4.69, 9.17) is 4.74 Å². The molecule has 2 aliphatic heterocycles. The molecule has 0 spiro atoms. The summed E-state index contributed by atoms with van der Waals surface area (Å²) in [5.74, 6) is -0.662. The lowest BCUT2D eigenvalue weighted by Gasteiger charge is -2.47. The van der Waals surface area contributed by atoms with Gasteiger partial charge in [0.1, 0.15) is 10.6 Å². The fraction of sp³-hybridized carbons (Fsp3) is 0.562. The van der Waals surface area contributed by atoms with E-state index in [1.807, 2.05) is 0 Å². The zero-order valence-corrected chi connectivity index (χ0v) is 14.4. The van der Waals surface area contributed by atoms with Crippen LogP contribution in [0.1, 0.15) is 19.3 Å². The monoisotopic (exact) mass is 354 g/mol. The predicted octanol–water partition coefficient (Wildman–Crippen LogP) is 0.913. The summed E-state index contributed by atoms with van der Waals surface area (Å²) in [7, 11) is -2.39. The molecule has 0 amide bonds. The highest BCUT2D eigenvalue weighted by Crippen LogP contribution is 2.40. The van der Waals surface area contributed by atoms with E-state index < -0.39 is 21.4 Å². The number of hydrogen-bond acceptors (Lipinski definition) is 5. The quantitative estimate of drug-likeness (QED) is 0.834. The van der Waals surface area contributed by atoms with Gasteiger partial charge in [-0.3, -0.25) is 4.79 Å². The van der Waals surface area contributed by atoms with Crippen molar-refractivity contribution in [3.05, 3.63) is 24.3 Å². The first-order chi connectivity index (χ1) is 11.4. The van der Waals surface area contributed by atoms with E-state index in [2.05, 4.69) is 5.32 Å². The number of carboxylic acid groups (broad SMARTS) is 1. The lowest BCUT2D eigenvalue weighted by Crippen LogP contribution is -2.63. The fourth-order valence-corrected chi connectivity index (χ4v) is 5.46. The minimum absolute atomic E-state index is 0.0135. The second-order valence-corrected chi connectivity index (χ2v) is 8.26. The number of carbonyl (C=O) groups is 1. The summed E-state index contributed by atoms with van der Waals surface area (Å²) in [5.41, 5.74) is -1.06. The number of aliphatic carboxylic acids is 1. The SMILES string of the molecule is COc1ccccc1S(=O)(=O)N1CC[C@@H]2NCCC[C@@]2(C(=O)O)C1. The van der Waals surface area contributed by atoms with Crippen LogP contribution in [-0.2, 0) is 14.8 Å². The van der Waals surface area contributed by atoms with Crippen molar-refractivity contribution < 1.29 is 23.1 Å². The van der Waals surface area contributed by atoms with Crippen molar-refractivity contribution in [2.45, 2.75) is 30.2 Å². The maximum atomic E-state index is 13.0. The second-order valence-electron chi connectivity index (χ2n) is 6.35. The van der Waals surface area contributed by atoms with Crippen LogP contribution < -0.4 is 10.1 Å². The van der Waals surface area contributed by atoms with Crippen molar-refractivity contribution in [2.24, 2.45) is 5.41 Å². The van der Waals surface area contributed by atoms with E-state index in [1.165, 1.54) is 17.5 Å². The topological polar surface area (TPSA) is 95.9 Å². The molecule has 132 valence electrons. The number of ether oxygens (including phenoxy) is 1. The Balaban J connectivity index is 1.96. The third-order valence-electron chi connectivity index (χ3n) is 5.10. The highest BCUT2D eigenvalue weighted by Gasteiger charge is 2.52. The Hall–Kier alpha value is -1.64. The number of benzene rings is 1. The molecule has 2 atom stereocenters. The number of piperidine rings is 2. The van der Waals surface area contributed by atoms with E-state index in [0.29, 0.717) is 19.4 Å². The maximum absolute atomic E-state index is 13.0. The maximum Gasteiger partial charge on any atom is 0.312 e. The van der Waals surface area contributed by atoms with Crippen molar-refractivity contribution in [1.29, 1.82) is 0 Å². The number of rotatable bonds is 4. The number of para-hydroxylation sites is 1. The van der Waals surface area contributed by atoms with Crippen LogP contribution in [0.3, 0.4) is 0 Å². The van der Waals surface area contributed by atoms with E-state index >= 15 is 0 Å². The van der Waals surface area contributed by atoms with Gasteiger partial charge in [0.2, 0.25) is 10.0 Å². The Kier molecular flexibility index (Phi) is 4.54. The first kappa shape index (κ1) is 17.2. The smallest absolute Gasteiger partial charge is 0.312 e. The summed E-state index contributed by atoms with van der Waals surface area (Å²) in [6.07, 6.45) is 1.70. The number of fused-ring (bicyclic) bond motifs is 1. The standard InChI is InChI=1S/C16H22N2O5S/c1-23-12-5-2-3-6-13(12)24(21,22)18-10-7-14-16(11-18,15(19)20)8-4-9-17-14/h2-3,5-6,14,17H,4,7-11H2,1H3,(H,19,20)/t14-,16+/m0/s1. The largest absolute Gasteiger partial charge is 0.495 e. The van der Waals surface area contributed by atoms with Crippen molar-refractivity contribution in [3.63, 3.8) is 0 Å². The molecule has 0 aliphatic carbocycles. The third kappa shape index (κ3) is 2.68. The summed E-state index contributed by atoms with van der Waals surface area (Å²) < 4.78 is 32.5. The van der Waals surface area contributed by atoms with Gasteiger partial charge in [-0.25, -0.2) is 8.42 Å². The molecule has 0 unspecified atom stereocenters. The summed E-state index contributed by atoms with van der Waals surface area (Å²) in [6, 6.07) is 6.24. The van der Waals surface area contributed by atoms with Crippen LogP contribution in [0.4, 0.5) is 0 Å². The van der Waals surface area contributed by atoms with Crippen molar-refractivity contribution in [2.75, 3.05) is 26.7 Å². The molecule has 0 aromatic heterocycles. The molecular formula is C16H22N2O5S. The van der Waals surface area contributed by atoms with Gasteiger partial charge in [-0.05, 0) is 37.9 Å². The van der Waals surface area contributed by atoms with Gasteiger partial charge in [-0.15, -0.1) is 0 Å². The molecule has 8 heteroatoms. The Labute approximate surface area is 141 Å². The molecule has 0 bridgehead atoms. The summed E-state index contributed by atoms with van der Waals surface area (Å²) in [4.78, 5) is 12.0. The van der Waals surface area contributed by atoms with Crippen molar-refractivity contribution in [3.8, 4) is 5.75 Å². The first-order valence-corrected chi connectivity index (χ1v) is 9.46. The van der Waals surface area contributed by atoms with Gasteiger partial charge in [-0.1, -0.05) is 12.1 Å². The summed E-state index contributed by atoms with van der Waals surface area (Å²) in [5, 5.41) is 13.0. The average Bonchev–Trinajstić information content (AvgIpc) is 2.60. The first-order valence-electron chi connectivity index (χ1n) is 8.02. The molecule has 7 nitrogen and oxygen atoms in total. The van der Waals surface area contributed by atoms with E-state index in [1.54, 1.807) is 18.2 Å². The molecule has 2 heterocycles. The van der Waals surface area contributed by atoms with Crippen molar-refractivity contribution in [1.82, 2.24) is 9.62 Å². The molecule has 1 aromatic carbocycles. The van der Waals surface area contributed by atoms with Crippen LogP contribution in [0, 0.1) is 5.41 Å². The number of nitrogens with zero attached hydrogens (tertiary/aromatic N) is 1. The van der Waals surface area contributed by atoms with Crippen LogP contribution in [0.5, 0.6) is 5.75 Å². The molecule has 0 radical (unpaired) electrons. The third-order valence-corrected chi connectivity index (χ3v) is 6.98. The number of carboxylic acids is 1. The molecule has 2 fully saturated rings. The van der Waals surface area contributed by atoms with Gasteiger partial charge < -0.3 is 15.2 Å².